The van der Waals surface area contributed by atoms with Gasteiger partial charge in [-0.1, -0.05) is 12.1 Å². The molecule has 0 unspecified atom stereocenters. The fraction of sp³-hybridized carbons (Fsp3) is 0.500. The first-order valence-electron chi connectivity index (χ1n) is 8.70. The third kappa shape index (κ3) is 3.19. The summed E-state index contributed by atoms with van der Waals surface area (Å²) >= 11 is 0. The molecule has 2 fully saturated rings. The van der Waals surface area contributed by atoms with Crippen molar-refractivity contribution in [3.8, 4) is 0 Å². The van der Waals surface area contributed by atoms with Crippen LogP contribution in [-0.2, 0) is 11.2 Å². The maximum atomic E-state index is 12.4. The minimum absolute atomic E-state index is 0.138. The average Bonchev–Trinajstić information content (AvgIpc) is 3.45. The van der Waals surface area contributed by atoms with Gasteiger partial charge in [0.25, 0.3) is 5.56 Å². The Morgan fingerprint density at radius 1 is 1.17 bits per heavy atom. The van der Waals surface area contributed by atoms with Crippen LogP contribution in [0.25, 0.3) is 10.9 Å². The maximum absolute atomic E-state index is 12.4. The molecule has 2 aliphatic rings. The van der Waals surface area contributed by atoms with E-state index in [0.717, 1.165) is 32.2 Å². The molecule has 6 heteroatoms. The second-order valence-corrected chi connectivity index (χ2v) is 6.68. The number of aryl methyl sites for hydroxylation is 1. The Bertz CT molecular complexity index is 804. The zero-order valence-electron chi connectivity index (χ0n) is 13.7. The predicted molar refractivity (Wildman–Crippen MR) is 91.9 cm³/mol. The van der Waals surface area contributed by atoms with Crippen molar-refractivity contribution in [2.24, 2.45) is 0 Å². The van der Waals surface area contributed by atoms with E-state index in [1.807, 2.05) is 23.1 Å². The first-order chi connectivity index (χ1) is 11.7. The second-order valence-electron chi connectivity index (χ2n) is 6.68. The normalized spacial score (nSPS) is 18.9. The van der Waals surface area contributed by atoms with Crippen LogP contribution in [0.15, 0.2) is 29.1 Å². The highest BCUT2D eigenvalue weighted by molar-refractivity contribution is 5.78. The van der Waals surface area contributed by atoms with Gasteiger partial charge < -0.3 is 9.88 Å². The Hall–Kier alpha value is -2.21. The lowest BCUT2D eigenvalue weighted by molar-refractivity contribution is -0.133. The molecule has 1 saturated carbocycles. The number of piperazine rings is 1. The number of aromatic nitrogens is 2. The van der Waals surface area contributed by atoms with E-state index in [9.17, 15) is 9.59 Å². The molecule has 1 aromatic carbocycles. The lowest BCUT2D eigenvalue weighted by Crippen LogP contribution is -2.49. The van der Waals surface area contributed by atoms with Crippen LogP contribution < -0.4 is 5.56 Å². The number of para-hydroxylation sites is 1. The number of hydrogen-bond acceptors (Lipinski definition) is 4. The van der Waals surface area contributed by atoms with E-state index in [1.165, 1.54) is 12.8 Å². The van der Waals surface area contributed by atoms with Crippen LogP contribution in [0.3, 0.4) is 0 Å². The van der Waals surface area contributed by atoms with Gasteiger partial charge in [-0.2, -0.15) is 0 Å². The molecule has 0 spiro atoms. The molecule has 1 saturated heterocycles. The summed E-state index contributed by atoms with van der Waals surface area (Å²) in [4.78, 5) is 36.1. The summed E-state index contributed by atoms with van der Waals surface area (Å²) in [5, 5.41) is 0.587. The number of hydrogen-bond donors (Lipinski definition) is 1. The third-order valence-electron chi connectivity index (χ3n) is 4.97. The molecule has 6 nitrogen and oxygen atoms in total. The van der Waals surface area contributed by atoms with E-state index in [0.29, 0.717) is 29.6 Å². The number of carbonyl (C=O) groups excluding carboxylic acids is 1. The molecule has 2 heterocycles. The second kappa shape index (κ2) is 6.36. The molecular weight excluding hydrogens is 304 g/mol. The number of nitrogens with one attached hydrogen (secondary N) is 1. The molecule has 0 bridgehead atoms. The Labute approximate surface area is 140 Å². The molecule has 1 aliphatic heterocycles. The van der Waals surface area contributed by atoms with E-state index in [4.69, 9.17) is 0 Å². The minimum atomic E-state index is -0.138. The van der Waals surface area contributed by atoms with Crippen LogP contribution in [0.4, 0.5) is 0 Å². The number of carbonyl (C=O) groups is 1. The summed E-state index contributed by atoms with van der Waals surface area (Å²) in [6.07, 6.45) is 3.50. The molecule has 1 amide bonds. The smallest absolute Gasteiger partial charge is 0.258 e. The number of rotatable bonds is 4. The van der Waals surface area contributed by atoms with Gasteiger partial charge in [-0.25, -0.2) is 4.98 Å². The largest absolute Gasteiger partial charge is 0.340 e. The highest BCUT2D eigenvalue weighted by Gasteiger charge is 2.32. The van der Waals surface area contributed by atoms with Crippen LogP contribution in [0.5, 0.6) is 0 Å². The fourth-order valence-corrected chi connectivity index (χ4v) is 3.41. The quantitative estimate of drug-likeness (QED) is 0.915. The number of H-pyrrole nitrogens is 1. The summed E-state index contributed by atoms with van der Waals surface area (Å²) < 4.78 is 0. The first kappa shape index (κ1) is 15.3. The number of fused-ring (bicyclic) bond motifs is 1. The minimum Gasteiger partial charge on any atom is -0.340 e. The number of amides is 1. The SMILES string of the molecule is O=C(CCc1nc2ccccc2c(=O)[nH]1)N1CCN(C2CC2)CC1. The van der Waals surface area contributed by atoms with Gasteiger partial charge in [0.2, 0.25) is 5.91 Å². The number of aromatic amines is 1. The molecule has 126 valence electrons. The van der Waals surface area contributed by atoms with Crippen molar-refractivity contribution in [2.45, 2.75) is 31.7 Å². The highest BCUT2D eigenvalue weighted by Crippen LogP contribution is 2.27. The molecule has 1 aromatic heterocycles. The topological polar surface area (TPSA) is 69.3 Å². The van der Waals surface area contributed by atoms with E-state index >= 15 is 0 Å². The van der Waals surface area contributed by atoms with Gasteiger partial charge in [0, 0.05) is 45.1 Å². The zero-order valence-corrected chi connectivity index (χ0v) is 13.7. The lowest BCUT2D eigenvalue weighted by atomic mass is 10.2. The molecule has 0 radical (unpaired) electrons. The molecule has 24 heavy (non-hydrogen) atoms. The molecule has 4 rings (SSSR count). The maximum Gasteiger partial charge on any atom is 0.258 e. The number of nitrogens with zero attached hydrogens (tertiary/aromatic N) is 3. The van der Waals surface area contributed by atoms with E-state index < -0.39 is 0 Å². The van der Waals surface area contributed by atoms with Gasteiger partial charge >= 0.3 is 0 Å². The molecular formula is C18H22N4O2. The van der Waals surface area contributed by atoms with Crippen LogP contribution in [0.1, 0.15) is 25.1 Å². The van der Waals surface area contributed by atoms with Crippen LogP contribution in [0, 0.1) is 0 Å². The van der Waals surface area contributed by atoms with Gasteiger partial charge in [0.05, 0.1) is 10.9 Å². The van der Waals surface area contributed by atoms with Gasteiger partial charge in [-0.15, -0.1) is 0 Å². The molecule has 0 atom stereocenters. The zero-order chi connectivity index (χ0) is 16.5. The van der Waals surface area contributed by atoms with Gasteiger partial charge in [0.15, 0.2) is 0 Å². The lowest BCUT2D eigenvalue weighted by Gasteiger charge is -2.34. The highest BCUT2D eigenvalue weighted by atomic mass is 16.2. The molecule has 1 N–H and O–H groups in total. The standard InChI is InChI=1S/C18H22N4O2/c23-17(22-11-9-21(10-12-22)13-5-6-13)8-7-16-19-15-4-2-1-3-14(15)18(24)20-16/h1-4,13H,5-12H2,(H,19,20,24). The number of benzene rings is 1. The van der Waals surface area contributed by atoms with Gasteiger partial charge in [0.1, 0.15) is 5.82 Å². The van der Waals surface area contributed by atoms with Crippen LogP contribution in [-0.4, -0.2) is 57.9 Å². The van der Waals surface area contributed by atoms with E-state index in [-0.39, 0.29) is 11.5 Å². The van der Waals surface area contributed by atoms with Crippen molar-refractivity contribution < 1.29 is 4.79 Å². The van der Waals surface area contributed by atoms with Crippen molar-refractivity contribution >= 4 is 16.8 Å². The van der Waals surface area contributed by atoms with Crippen molar-refractivity contribution in [3.05, 3.63) is 40.4 Å². The van der Waals surface area contributed by atoms with Gasteiger partial charge in [-0.05, 0) is 25.0 Å². The van der Waals surface area contributed by atoms with Gasteiger partial charge in [-0.3, -0.25) is 14.5 Å². The summed E-state index contributed by atoms with van der Waals surface area (Å²) in [6.45, 7) is 3.61. The summed E-state index contributed by atoms with van der Waals surface area (Å²) in [5.74, 6) is 0.741. The Balaban J connectivity index is 1.36. The average molecular weight is 326 g/mol. The summed E-state index contributed by atoms with van der Waals surface area (Å²) in [7, 11) is 0. The Morgan fingerprint density at radius 2 is 1.92 bits per heavy atom. The Morgan fingerprint density at radius 3 is 2.67 bits per heavy atom. The summed E-state index contributed by atoms with van der Waals surface area (Å²) in [6, 6.07) is 8.05. The van der Waals surface area contributed by atoms with Crippen LogP contribution in [0.2, 0.25) is 0 Å². The fourth-order valence-electron chi connectivity index (χ4n) is 3.41. The monoisotopic (exact) mass is 326 g/mol. The van der Waals surface area contributed by atoms with Crippen molar-refractivity contribution in [1.29, 1.82) is 0 Å². The van der Waals surface area contributed by atoms with E-state index in [1.54, 1.807) is 6.07 Å². The first-order valence-corrected chi connectivity index (χ1v) is 8.70. The third-order valence-corrected chi connectivity index (χ3v) is 4.97. The summed E-state index contributed by atoms with van der Waals surface area (Å²) in [5.41, 5.74) is 0.544. The van der Waals surface area contributed by atoms with E-state index in [2.05, 4.69) is 14.9 Å². The van der Waals surface area contributed by atoms with Crippen molar-refractivity contribution in [3.63, 3.8) is 0 Å². The predicted octanol–water partition coefficient (Wildman–Crippen LogP) is 1.16. The van der Waals surface area contributed by atoms with Crippen LogP contribution >= 0.6 is 0 Å². The van der Waals surface area contributed by atoms with Crippen molar-refractivity contribution in [2.75, 3.05) is 26.2 Å². The molecule has 2 aromatic rings. The Kier molecular flexibility index (Phi) is 4.06. The van der Waals surface area contributed by atoms with Crippen molar-refractivity contribution in [1.82, 2.24) is 19.8 Å². The molecule has 1 aliphatic carbocycles.